The highest BCUT2D eigenvalue weighted by Gasteiger charge is 2.05. The van der Waals surface area contributed by atoms with Crippen LogP contribution in [0.5, 0.6) is 0 Å². The maximum Gasteiger partial charge on any atom is 0.123 e. The summed E-state index contributed by atoms with van der Waals surface area (Å²) in [5.74, 6) is -0.199. The topological polar surface area (TPSA) is 17.8 Å². The number of rotatable bonds is 5. The van der Waals surface area contributed by atoms with Gasteiger partial charge in [-0.05, 0) is 30.5 Å². The fraction of sp³-hybridized carbons (Fsp3) is 0.308. The van der Waals surface area contributed by atoms with Gasteiger partial charge < -0.3 is 4.57 Å². The van der Waals surface area contributed by atoms with E-state index in [1.165, 1.54) is 12.1 Å². The third kappa shape index (κ3) is 4.67. The minimum atomic E-state index is -0.199. The Morgan fingerprint density at radius 2 is 2.00 bits per heavy atom. The maximum absolute atomic E-state index is 12.7. The zero-order valence-electron chi connectivity index (χ0n) is 9.80. The molecular formula is C13H15Cl2FN2. The summed E-state index contributed by atoms with van der Waals surface area (Å²) < 4.78 is 14.7. The predicted molar refractivity (Wildman–Crippen MR) is 73.8 cm³/mol. The van der Waals surface area contributed by atoms with E-state index in [0.29, 0.717) is 0 Å². The van der Waals surface area contributed by atoms with Crippen LogP contribution in [0.1, 0.15) is 12.0 Å². The Bertz CT molecular complexity index is 443. The van der Waals surface area contributed by atoms with Crippen molar-refractivity contribution in [1.82, 2.24) is 9.55 Å². The highest BCUT2D eigenvalue weighted by atomic mass is 35.5. The zero-order chi connectivity index (χ0) is 12.1. The van der Waals surface area contributed by atoms with Crippen molar-refractivity contribution in [2.24, 2.45) is 0 Å². The van der Waals surface area contributed by atoms with Crippen LogP contribution in [-0.2, 0) is 13.0 Å². The van der Waals surface area contributed by atoms with Crippen LogP contribution in [-0.4, -0.2) is 14.9 Å². The van der Waals surface area contributed by atoms with Gasteiger partial charge in [0.1, 0.15) is 5.82 Å². The SMILES string of the molecule is Cl.Fc1ccc(CCC(Cl)Cn2ccnc2)cc1. The van der Waals surface area contributed by atoms with Crippen LogP contribution in [0.2, 0.25) is 0 Å². The quantitative estimate of drug-likeness (QED) is 0.768. The molecule has 5 heteroatoms. The van der Waals surface area contributed by atoms with Gasteiger partial charge in [-0.2, -0.15) is 0 Å². The van der Waals surface area contributed by atoms with E-state index in [9.17, 15) is 4.39 Å². The lowest BCUT2D eigenvalue weighted by atomic mass is 10.1. The zero-order valence-corrected chi connectivity index (χ0v) is 11.4. The van der Waals surface area contributed by atoms with E-state index < -0.39 is 0 Å². The lowest BCUT2D eigenvalue weighted by molar-refractivity contribution is 0.613. The van der Waals surface area contributed by atoms with Crippen molar-refractivity contribution in [2.45, 2.75) is 24.8 Å². The largest absolute Gasteiger partial charge is 0.336 e. The van der Waals surface area contributed by atoms with Gasteiger partial charge in [-0.25, -0.2) is 9.37 Å². The summed E-state index contributed by atoms with van der Waals surface area (Å²) in [5.41, 5.74) is 1.11. The molecule has 98 valence electrons. The third-order valence-electron chi connectivity index (χ3n) is 2.63. The molecule has 2 nitrogen and oxygen atoms in total. The molecule has 0 aliphatic heterocycles. The summed E-state index contributed by atoms with van der Waals surface area (Å²) in [7, 11) is 0. The molecule has 0 amide bonds. The standard InChI is InChI=1S/C13H14ClFN2.ClH/c14-12(9-17-8-7-16-10-17)4-1-11-2-5-13(15)6-3-11;/h2-3,5-8,10,12H,1,4,9H2;1H. The van der Waals surface area contributed by atoms with Crippen molar-refractivity contribution >= 4 is 24.0 Å². The van der Waals surface area contributed by atoms with Crippen LogP contribution in [0, 0.1) is 5.82 Å². The van der Waals surface area contributed by atoms with Gasteiger partial charge in [-0.1, -0.05) is 12.1 Å². The Balaban J connectivity index is 0.00000162. The lowest BCUT2D eigenvalue weighted by Crippen LogP contribution is -2.10. The molecule has 0 saturated carbocycles. The number of alkyl halides is 1. The molecule has 0 radical (unpaired) electrons. The van der Waals surface area contributed by atoms with Gasteiger partial charge in [0.05, 0.1) is 11.7 Å². The smallest absolute Gasteiger partial charge is 0.123 e. The minimum Gasteiger partial charge on any atom is -0.336 e. The molecule has 0 N–H and O–H groups in total. The molecule has 1 aromatic carbocycles. The molecule has 1 aromatic heterocycles. The summed E-state index contributed by atoms with van der Waals surface area (Å²) in [6.07, 6.45) is 7.12. The van der Waals surface area contributed by atoms with Crippen molar-refractivity contribution in [3.05, 3.63) is 54.4 Å². The first-order valence-electron chi connectivity index (χ1n) is 5.58. The van der Waals surface area contributed by atoms with Gasteiger partial charge in [-0.15, -0.1) is 24.0 Å². The molecule has 0 aliphatic carbocycles. The van der Waals surface area contributed by atoms with Crippen LogP contribution in [0.4, 0.5) is 4.39 Å². The number of aromatic nitrogens is 2. The van der Waals surface area contributed by atoms with Crippen molar-refractivity contribution in [3.63, 3.8) is 0 Å². The predicted octanol–water partition coefficient (Wildman–Crippen LogP) is 3.68. The summed E-state index contributed by atoms with van der Waals surface area (Å²) in [4.78, 5) is 3.97. The Labute approximate surface area is 117 Å². The lowest BCUT2D eigenvalue weighted by Gasteiger charge is -2.09. The van der Waals surface area contributed by atoms with Crippen LogP contribution in [0.25, 0.3) is 0 Å². The molecule has 0 saturated heterocycles. The molecule has 1 heterocycles. The Hall–Kier alpha value is -1.06. The maximum atomic E-state index is 12.7. The van der Waals surface area contributed by atoms with Crippen molar-refractivity contribution in [1.29, 1.82) is 0 Å². The molecule has 1 atom stereocenters. The molecule has 2 aromatic rings. The normalized spacial score (nSPS) is 11.9. The molecular weight excluding hydrogens is 274 g/mol. The van der Waals surface area contributed by atoms with Gasteiger partial charge >= 0.3 is 0 Å². The second-order valence-electron chi connectivity index (χ2n) is 4.02. The minimum absolute atomic E-state index is 0. The number of hydrogen-bond acceptors (Lipinski definition) is 1. The van der Waals surface area contributed by atoms with Gasteiger partial charge in [0.15, 0.2) is 0 Å². The molecule has 1 unspecified atom stereocenters. The molecule has 0 bridgehead atoms. The van der Waals surface area contributed by atoms with Crippen LogP contribution in [0.15, 0.2) is 43.0 Å². The van der Waals surface area contributed by atoms with Gasteiger partial charge in [0.25, 0.3) is 0 Å². The number of benzene rings is 1. The van der Waals surface area contributed by atoms with E-state index in [2.05, 4.69) is 4.98 Å². The molecule has 0 aliphatic rings. The monoisotopic (exact) mass is 288 g/mol. The van der Waals surface area contributed by atoms with Crippen LogP contribution in [0.3, 0.4) is 0 Å². The van der Waals surface area contributed by atoms with Gasteiger partial charge in [0, 0.05) is 18.9 Å². The van der Waals surface area contributed by atoms with Crippen molar-refractivity contribution < 1.29 is 4.39 Å². The van der Waals surface area contributed by atoms with E-state index in [0.717, 1.165) is 24.9 Å². The first-order chi connectivity index (χ1) is 8.24. The highest BCUT2D eigenvalue weighted by Crippen LogP contribution is 2.12. The summed E-state index contributed by atoms with van der Waals surface area (Å²) in [6, 6.07) is 6.56. The highest BCUT2D eigenvalue weighted by molar-refractivity contribution is 6.20. The summed E-state index contributed by atoms with van der Waals surface area (Å²) in [5, 5.41) is 0.0641. The Kier molecular flexibility index (Phi) is 6.16. The second-order valence-corrected chi connectivity index (χ2v) is 4.64. The fourth-order valence-electron chi connectivity index (χ4n) is 1.69. The van der Waals surface area contributed by atoms with E-state index >= 15 is 0 Å². The van der Waals surface area contributed by atoms with E-state index in [-0.39, 0.29) is 23.6 Å². The Morgan fingerprint density at radius 3 is 2.61 bits per heavy atom. The second kappa shape index (κ2) is 7.39. The summed E-state index contributed by atoms with van der Waals surface area (Å²) in [6.45, 7) is 0.753. The first kappa shape index (κ1) is 15.0. The average molecular weight is 289 g/mol. The summed E-state index contributed by atoms with van der Waals surface area (Å²) >= 11 is 6.23. The molecule has 18 heavy (non-hydrogen) atoms. The van der Waals surface area contributed by atoms with E-state index in [1.54, 1.807) is 24.7 Å². The van der Waals surface area contributed by atoms with E-state index in [1.807, 2.05) is 10.8 Å². The van der Waals surface area contributed by atoms with Crippen LogP contribution < -0.4 is 0 Å². The number of hydrogen-bond donors (Lipinski definition) is 0. The molecule has 0 fully saturated rings. The number of imidazole rings is 1. The number of aryl methyl sites for hydroxylation is 1. The van der Waals surface area contributed by atoms with E-state index in [4.69, 9.17) is 11.6 Å². The third-order valence-corrected chi connectivity index (χ3v) is 2.98. The average Bonchev–Trinajstić information content (AvgIpc) is 2.81. The van der Waals surface area contributed by atoms with Gasteiger partial charge in [0.2, 0.25) is 0 Å². The fourth-order valence-corrected chi connectivity index (χ4v) is 1.96. The van der Waals surface area contributed by atoms with Crippen molar-refractivity contribution in [3.8, 4) is 0 Å². The number of halogens is 3. The number of nitrogens with zero attached hydrogens (tertiary/aromatic N) is 2. The Morgan fingerprint density at radius 1 is 1.28 bits per heavy atom. The molecule has 0 spiro atoms. The first-order valence-corrected chi connectivity index (χ1v) is 6.02. The van der Waals surface area contributed by atoms with Gasteiger partial charge in [-0.3, -0.25) is 0 Å². The molecule has 2 rings (SSSR count). The van der Waals surface area contributed by atoms with Crippen LogP contribution >= 0.6 is 24.0 Å². The van der Waals surface area contributed by atoms with Crippen molar-refractivity contribution in [2.75, 3.05) is 0 Å².